The van der Waals surface area contributed by atoms with Gasteiger partial charge in [-0.1, -0.05) is 27.7 Å². The van der Waals surface area contributed by atoms with Crippen molar-refractivity contribution in [2.24, 2.45) is 23.7 Å². The lowest BCUT2D eigenvalue weighted by Crippen LogP contribution is -2.58. The van der Waals surface area contributed by atoms with E-state index >= 15 is 0 Å². The molecule has 0 aliphatic carbocycles. The van der Waals surface area contributed by atoms with E-state index in [0.29, 0.717) is 6.42 Å². The number of aliphatic hydroxyl groups is 4. The maximum Gasteiger partial charge on any atom is 0.311 e. The minimum Gasteiger partial charge on any atom is -0.459 e. The third kappa shape index (κ3) is 7.67. The van der Waals surface area contributed by atoms with Gasteiger partial charge >= 0.3 is 5.97 Å². The van der Waals surface area contributed by atoms with Gasteiger partial charge in [-0.25, -0.2) is 0 Å². The van der Waals surface area contributed by atoms with E-state index in [1.807, 2.05) is 25.9 Å². The van der Waals surface area contributed by atoms with E-state index in [4.69, 9.17) is 18.9 Å². The van der Waals surface area contributed by atoms with Gasteiger partial charge in [-0.2, -0.15) is 0 Å². The van der Waals surface area contributed by atoms with Gasteiger partial charge in [0, 0.05) is 37.3 Å². The van der Waals surface area contributed by atoms with Gasteiger partial charge in [0.25, 0.3) is 0 Å². The Hall–Kier alpha value is -1.18. The van der Waals surface area contributed by atoms with Crippen LogP contribution in [0.15, 0.2) is 0 Å². The summed E-state index contributed by atoms with van der Waals surface area (Å²) >= 11 is 0. The second-order valence-corrected chi connectivity index (χ2v) is 13.0. The first-order chi connectivity index (χ1) is 18.8. The number of carbonyl (C=O) groups excluding carboxylic acids is 2. The van der Waals surface area contributed by atoms with Gasteiger partial charge < -0.3 is 44.3 Å². The zero-order chi connectivity index (χ0) is 31.6. The van der Waals surface area contributed by atoms with E-state index in [2.05, 4.69) is 0 Å². The largest absolute Gasteiger partial charge is 0.459 e. The molecular weight excluding hydrogens is 534 g/mol. The highest BCUT2D eigenvalue weighted by molar-refractivity contribution is 5.84. The molecule has 0 aromatic carbocycles. The second kappa shape index (κ2) is 14.1. The van der Waals surface area contributed by atoms with Crippen molar-refractivity contribution in [2.45, 2.75) is 135 Å². The van der Waals surface area contributed by atoms with E-state index in [1.165, 1.54) is 27.9 Å². The van der Waals surface area contributed by atoms with Crippen LogP contribution >= 0.6 is 0 Å². The van der Waals surface area contributed by atoms with Gasteiger partial charge in [0.2, 0.25) is 0 Å². The summed E-state index contributed by atoms with van der Waals surface area (Å²) in [6, 6.07) is -0.230. The van der Waals surface area contributed by atoms with Crippen molar-refractivity contribution in [3.63, 3.8) is 0 Å². The van der Waals surface area contributed by atoms with Crippen LogP contribution in [0, 0.1) is 23.7 Å². The standard InChI is InChI=1S/C30H55NO10/c1-12-22-30(8,37)26(35)17(4)24(33)19(6)29(7,38-11)14-21(16(3)23(32)18(5)27(36)41-22)40-28-25(34)20(31(9)10)13-15(2)39-28/h15-23,25-26,28,32,34-35,37H,12-14H2,1-11H3/t15-,16-,17+,18-,19+,20+,21+,22-,23?,25-,26-,28+,29-,30-/m1/s1. The molecule has 2 saturated heterocycles. The third-order valence-electron chi connectivity index (χ3n) is 9.81. The van der Waals surface area contributed by atoms with E-state index in [1.54, 1.807) is 27.7 Å². The minimum absolute atomic E-state index is 0.0980. The number of ether oxygens (including phenoxy) is 4. The summed E-state index contributed by atoms with van der Waals surface area (Å²) in [7, 11) is 5.22. The van der Waals surface area contributed by atoms with Crippen LogP contribution in [-0.4, -0.2) is 118 Å². The number of carbonyl (C=O) groups is 2. The molecule has 41 heavy (non-hydrogen) atoms. The summed E-state index contributed by atoms with van der Waals surface area (Å²) in [5.74, 6) is -4.59. The maximum absolute atomic E-state index is 13.7. The van der Waals surface area contributed by atoms with Crippen molar-refractivity contribution >= 4 is 11.8 Å². The van der Waals surface area contributed by atoms with Crippen LogP contribution in [0.5, 0.6) is 0 Å². The van der Waals surface area contributed by atoms with Crippen molar-refractivity contribution < 1.29 is 49.0 Å². The van der Waals surface area contributed by atoms with Gasteiger partial charge in [-0.05, 0) is 54.6 Å². The minimum atomic E-state index is -1.93. The zero-order valence-corrected chi connectivity index (χ0v) is 26.7. The van der Waals surface area contributed by atoms with Crippen LogP contribution in [0.1, 0.15) is 74.7 Å². The number of esters is 1. The predicted octanol–water partition coefficient (Wildman–Crippen LogP) is 1.51. The molecule has 0 aromatic heterocycles. The van der Waals surface area contributed by atoms with Crippen LogP contribution < -0.4 is 0 Å². The first-order valence-electron chi connectivity index (χ1n) is 14.9. The second-order valence-electron chi connectivity index (χ2n) is 13.0. The molecule has 14 atom stereocenters. The number of aliphatic hydroxyl groups excluding tert-OH is 3. The van der Waals surface area contributed by atoms with E-state index in [9.17, 15) is 30.0 Å². The average Bonchev–Trinajstić information content (AvgIpc) is 2.93. The molecule has 2 fully saturated rings. The van der Waals surface area contributed by atoms with Crippen LogP contribution in [0.4, 0.5) is 0 Å². The van der Waals surface area contributed by atoms with Crippen LogP contribution in [0.3, 0.4) is 0 Å². The molecule has 240 valence electrons. The first-order valence-corrected chi connectivity index (χ1v) is 14.9. The molecule has 4 N–H and O–H groups in total. The molecule has 0 bridgehead atoms. The fourth-order valence-electron chi connectivity index (χ4n) is 6.25. The Balaban J connectivity index is 2.59. The zero-order valence-electron chi connectivity index (χ0n) is 26.7. The number of hydrogen-bond donors (Lipinski definition) is 4. The highest BCUT2D eigenvalue weighted by atomic mass is 16.7. The van der Waals surface area contributed by atoms with Crippen LogP contribution in [0.25, 0.3) is 0 Å². The lowest BCUT2D eigenvalue weighted by atomic mass is 9.73. The van der Waals surface area contributed by atoms with E-state index < -0.39 is 77.7 Å². The Kier molecular flexibility index (Phi) is 12.4. The van der Waals surface area contributed by atoms with Crippen molar-refractivity contribution in [3.05, 3.63) is 0 Å². The fraction of sp³-hybridized carbons (Fsp3) is 0.933. The summed E-state index contributed by atoms with van der Waals surface area (Å²) in [6.45, 7) is 13.2. The number of cyclic esters (lactones) is 1. The average molecular weight is 590 g/mol. The molecule has 0 spiro atoms. The molecule has 2 aliphatic heterocycles. The number of Topliss-reactive ketones (excluding diaryl/α,β-unsaturated/α-hetero) is 1. The quantitative estimate of drug-likeness (QED) is 0.345. The van der Waals surface area contributed by atoms with Crippen LogP contribution in [0.2, 0.25) is 0 Å². The number of hydrogen-bond acceptors (Lipinski definition) is 11. The first kappa shape index (κ1) is 36.0. The maximum atomic E-state index is 13.7. The van der Waals surface area contributed by atoms with Crippen molar-refractivity contribution in [1.82, 2.24) is 4.90 Å². The number of nitrogens with zero attached hydrogens (tertiary/aromatic N) is 1. The third-order valence-corrected chi connectivity index (χ3v) is 9.81. The molecule has 1 unspecified atom stereocenters. The molecule has 11 nitrogen and oxygen atoms in total. The summed E-state index contributed by atoms with van der Waals surface area (Å²) in [5, 5.41) is 45.0. The SMILES string of the molecule is CC[C@H]1OC(=O)[C@H](C)C(O)[C@H](C)[C@@H](O[C@@H]2O[C@H](C)C[C@H](N(C)C)[C@H]2O)C[C@@](C)(OC)[C@@H](C)C(=O)[C@H](C)[C@@H](O)[C@]1(C)O. The topological polar surface area (TPSA) is 155 Å². The van der Waals surface area contributed by atoms with Crippen molar-refractivity contribution in [1.29, 1.82) is 0 Å². The monoisotopic (exact) mass is 589 g/mol. The molecule has 0 radical (unpaired) electrons. The number of methoxy groups -OCH3 is 1. The lowest BCUT2D eigenvalue weighted by molar-refractivity contribution is -0.282. The molecule has 2 aliphatic rings. The van der Waals surface area contributed by atoms with Crippen molar-refractivity contribution in [3.8, 4) is 0 Å². The van der Waals surface area contributed by atoms with Gasteiger partial charge in [-0.15, -0.1) is 0 Å². The van der Waals surface area contributed by atoms with Gasteiger partial charge in [0.05, 0.1) is 35.9 Å². The molecule has 0 aromatic rings. The Bertz CT molecular complexity index is 883. The van der Waals surface area contributed by atoms with Crippen LogP contribution in [-0.2, 0) is 28.5 Å². The summed E-state index contributed by atoms with van der Waals surface area (Å²) in [5.41, 5.74) is -3.07. The highest BCUT2D eigenvalue weighted by Gasteiger charge is 2.51. The molecule has 2 rings (SSSR count). The summed E-state index contributed by atoms with van der Waals surface area (Å²) in [6.07, 6.45) is -6.09. The highest BCUT2D eigenvalue weighted by Crippen LogP contribution is 2.38. The molecule has 2 heterocycles. The smallest absolute Gasteiger partial charge is 0.311 e. The predicted molar refractivity (Wildman–Crippen MR) is 152 cm³/mol. The normalized spacial score (nSPS) is 47.6. The molecule has 0 saturated carbocycles. The van der Waals surface area contributed by atoms with Gasteiger partial charge in [0.1, 0.15) is 23.6 Å². The summed E-state index contributed by atoms with van der Waals surface area (Å²) < 4.78 is 24.0. The Labute approximate surface area is 245 Å². The van der Waals surface area contributed by atoms with E-state index in [-0.39, 0.29) is 30.8 Å². The van der Waals surface area contributed by atoms with Gasteiger partial charge in [0.15, 0.2) is 6.29 Å². The Morgan fingerprint density at radius 3 is 2.10 bits per heavy atom. The Morgan fingerprint density at radius 1 is 1.00 bits per heavy atom. The lowest BCUT2D eigenvalue weighted by Gasteiger charge is -2.46. The molecular formula is C30H55NO10. The Morgan fingerprint density at radius 2 is 1.59 bits per heavy atom. The number of likely N-dealkylation sites (N-methyl/N-ethyl adjacent to an activating group) is 1. The molecule has 0 amide bonds. The fourth-order valence-corrected chi connectivity index (χ4v) is 6.25. The number of rotatable bonds is 5. The molecule has 11 heteroatoms. The summed E-state index contributed by atoms with van der Waals surface area (Å²) in [4.78, 5) is 28.9. The van der Waals surface area contributed by atoms with E-state index in [0.717, 1.165) is 0 Å². The van der Waals surface area contributed by atoms with Crippen molar-refractivity contribution in [2.75, 3.05) is 21.2 Å². The number of ketones is 1. The van der Waals surface area contributed by atoms with Gasteiger partial charge in [-0.3, -0.25) is 9.59 Å².